The second-order valence-electron chi connectivity index (χ2n) is 7.74. The topological polar surface area (TPSA) is 102 Å². The van der Waals surface area contributed by atoms with Crippen LogP contribution in [0.15, 0.2) is 51.1 Å². The third-order valence-electron chi connectivity index (χ3n) is 5.77. The zero-order valence-corrected chi connectivity index (χ0v) is 18.5. The van der Waals surface area contributed by atoms with Gasteiger partial charge < -0.3 is 9.47 Å². The molecule has 1 aromatic carbocycles. The second kappa shape index (κ2) is 8.40. The normalized spacial score (nSPS) is 16.2. The number of aromatic nitrogens is 4. The highest BCUT2D eigenvalue weighted by Crippen LogP contribution is 2.17. The van der Waals surface area contributed by atoms with Crippen LogP contribution < -0.4 is 11.2 Å². The molecule has 0 atom stereocenters. The minimum atomic E-state index is -3.48. The maximum absolute atomic E-state index is 12.8. The molecule has 0 amide bonds. The summed E-state index contributed by atoms with van der Waals surface area (Å²) in [4.78, 5) is 31.9. The van der Waals surface area contributed by atoms with Gasteiger partial charge in [0, 0.05) is 46.8 Å². The average molecular weight is 447 g/mol. The molecule has 0 spiro atoms. The van der Waals surface area contributed by atoms with Gasteiger partial charge in [-0.25, -0.2) is 18.2 Å². The van der Waals surface area contributed by atoms with Gasteiger partial charge in [-0.15, -0.1) is 0 Å². The van der Waals surface area contributed by atoms with E-state index in [2.05, 4.69) is 9.88 Å². The number of rotatable bonds is 6. The molecule has 1 saturated heterocycles. The van der Waals surface area contributed by atoms with Gasteiger partial charge in [0.1, 0.15) is 0 Å². The average Bonchev–Trinajstić information content (AvgIpc) is 3.17. The van der Waals surface area contributed by atoms with Crippen molar-refractivity contribution in [3.8, 4) is 0 Å². The van der Waals surface area contributed by atoms with Crippen LogP contribution in [-0.4, -0.2) is 69.0 Å². The summed E-state index contributed by atoms with van der Waals surface area (Å²) in [7, 11) is -0.134. The highest BCUT2D eigenvalue weighted by molar-refractivity contribution is 7.89. The largest absolute Gasteiger partial charge is 0.332 e. The van der Waals surface area contributed by atoms with E-state index in [9.17, 15) is 18.0 Å². The van der Waals surface area contributed by atoms with Gasteiger partial charge in [0.05, 0.1) is 11.2 Å². The van der Waals surface area contributed by atoms with E-state index in [-0.39, 0.29) is 11.2 Å². The third-order valence-corrected chi connectivity index (χ3v) is 7.68. The molecule has 10 nitrogen and oxygen atoms in total. The van der Waals surface area contributed by atoms with E-state index in [1.165, 1.54) is 19.8 Å². The summed E-state index contributed by atoms with van der Waals surface area (Å²) in [6, 6.07) is 8.45. The second-order valence-corrected chi connectivity index (χ2v) is 9.68. The fourth-order valence-corrected chi connectivity index (χ4v) is 5.42. The highest BCUT2D eigenvalue weighted by atomic mass is 32.2. The number of imidazole rings is 1. The van der Waals surface area contributed by atoms with Gasteiger partial charge in [-0.2, -0.15) is 4.31 Å². The molecule has 2 aromatic heterocycles. The van der Waals surface area contributed by atoms with Gasteiger partial charge >= 0.3 is 5.69 Å². The standard InChI is InChI=1S/C20H26N6O4S/c1-22-15-21-18-17(22)19(27)26(20(28)23(18)2)10-6-9-24-11-13-25(14-12-24)31(29,30)16-7-4-3-5-8-16/h3-5,7-8,15H,6,9-14H2,1-2H3. The molecule has 0 saturated carbocycles. The van der Waals surface area contributed by atoms with Crippen molar-refractivity contribution in [1.29, 1.82) is 0 Å². The number of nitrogens with zero attached hydrogens (tertiary/aromatic N) is 6. The Bertz CT molecular complexity index is 1300. The summed E-state index contributed by atoms with van der Waals surface area (Å²) >= 11 is 0. The molecule has 0 radical (unpaired) electrons. The molecule has 1 aliphatic rings. The quantitative estimate of drug-likeness (QED) is 0.521. The number of hydrogen-bond donors (Lipinski definition) is 0. The van der Waals surface area contributed by atoms with Crippen LogP contribution in [0.2, 0.25) is 0 Å². The molecular weight excluding hydrogens is 420 g/mol. The van der Waals surface area contributed by atoms with Crippen LogP contribution in [0.4, 0.5) is 0 Å². The van der Waals surface area contributed by atoms with Crippen molar-refractivity contribution in [2.45, 2.75) is 17.9 Å². The number of piperazine rings is 1. The van der Waals surface area contributed by atoms with Crippen molar-refractivity contribution in [1.82, 2.24) is 27.9 Å². The van der Waals surface area contributed by atoms with Gasteiger partial charge in [0.15, 0.2) is 11.2 Å². The van der Waals surface area contributed by atoms with Crippen LogP contribution in [-0.2, 0) is 30.7 Å². The molecule has 0 aliphatic carbocycles. The highest BCUT2D eigenvalue weighted by Gasteiger charge is 2.28. The van der Waals surface area contributed by atoms with Crippen LogP contribution in [0.1, 0.15) is 6.42 Å². The van der Waals surface area contributed by atoms with Gasteiger partial charge in [0.2, 0.25) is 10.0 Å². The summed E-state index contributed by atoms with van der Waals surface area (Å²) in [5, 5.41) is 0. The lowest BCUT2D eigenvalue weighted by Crippen LogP contribution is -2.49. The van der Waals surface area contributed by atoms with Gasteiger partial charge in [-0.3, -0.25) is 13.9 Å². The minimum absolute atomic E-state index is 0.301. The van der Waals surface area contributed by atoms with Crippen molar-refractivity contribution in [2.24, 2.45) is 14.1 Å². The number of benzene rings is 1. The molecule has 4 rings (SSSR count). The fourth-order valence-electron chi connectivity index (χ4n) is 3.98. The van der Waals surface area contributed by atoms with Crippen LogP contribution in [0.3, 0.4) is 0 Å². The number of aryl methyl sites for hydroxylation is 2. The maximum atomic E-state index is 12.8. The lowest BCUT2D eigenvalue weighted by Gasteiger charge is -2.34. The first kappa shape index (κ1) is 21.5. The Hall–Kier alpha value is -2.76. The van der Waals surface area contributed by atoms with Crippen molar-refractivity contribution >= 4 is 21.2 Å². The van der Waals surface area contributed by atoms with Gasteiger partial charge in [-0.1, -0.05) is 18.2 Å². The molecule has 0 N–H and O–H groups in total. The summed E-state index contributed by atoms with van der Waals surface area (Å²) in [6.45, 7) is 3.03. The lowest BCUT2D eigenvalue weighted by molar-refractivity contribution is 0.184. The monoisotopic (exact) mass is 446 g/mol. The molecule has 0 bridgehead atoms. The maximum Gasteiger partial charge on any atom is 0.332 e. The minimum Gasteiger partial charge on any atom is -0.328 e. The Labute approximate surface area is 180 Å². The van der Waals surface area contributed by atoms with E-state index >= 15 is 0 Å². The molecule has 1 aliphatic heterocycles. The Morgan fingerprint density at radius 3 is 2.32 bits per heavy atom. The SMILES string of the molecule is Cn1cnc2c1c(=O)n(CCCN1CCN(S(=O)(=O)c3ccccc3)CC1)c(=O)n2C. The first-order valence-corrected chi connectivity index (χ1v) is 11.6. The summed E-state index contributed by atoms with van der Waals surface area (Å²) < 4.78 is 31.3. The first-order valence-electron chi connectivity index (χ1n) is 10.2. The van der Waals surface area contributed by atoms with Crippen molar-refractivity contribution in [3.63, 3.8) is 0 Å². The van der Waals surface area contributed by atoms with Crippen LogP contribution >= 0.6 is 0 Å². The first-order chi connectivity index (χ1) is 14.8. The van der Waals surface area contributed by atoms with Crippen molar-refractivity contribution in [3.05, 3.63) is 57.5 Å². The predicted octanol–water partition coefficient (Wildman–Crippen LogP) is -0.170. The Morgan fingerprint density at radius 2 is 1.65 bits per heavy atom. The van der Waals surface area contributed by atoms with Gasteiger partial charge in [-0.05, 0) is 25.1 Å². The van der Waals surface area contributed by atoms with E-state index in [1.807, 2.05) is 0 Å². The molecule has 3 aromatic rings. The van der Waals surface area contributed by atoms with Crippen molar-refractivity contribution in [2.75, 3.05) is 32.7 Å². The predicted molar refractivity (Wildman–Crippen MR) is 116 cm³/mol. The summed E-state index contributed by atoms with van der Waals surface area (Å²) in [6.07, 6.45) is 2.14. The van der Waals surface area contributed by atoms with E-state index < -0.39 is 10.0 Å². The van der Waals surface area contributed by atoms with Crippen LogP contribution in [0.25, 0.3) is 11.2 Å². The molecule has 3 heterocycles. The van der Waals surface area contributed by atoms with Gasteiger partial charge in [0.25, 0.3) is 5.56 Å². The Morgan fingerprint density at radius 1 is 0.968 bits per heavy atom. The Balaban J connectivity index is 1.38. The summed E-state index contributed by atoms with van der Waals surface area (Å²) in [5.74, 6) is 0. The van der Waals surface area contributed by atoms with E-state index in [4.69, 9.17) is 0 Å². The molecular formula is C20H26N6O4S. The zero-order valence-electron chi connectivity index (χ0n) is 17.6. The lowest BCUT2D eigenvalue weighted by atomic mass is 10.3. The van der Waals surface area contributed by atoms with Crippen molar-refractivity contribution < 1.29 is 8.42 Å². The molecule has 31 heavy (non-hydrogen) atoms. The fraction of sp³-hybridized carbons (Fsp3) is 0.450. The Kier molecular flexibility index (Phi) is 5.82. The van der Waals surface area contributed by atoms with E-state index in [0.29, 0.717) is 61.7 Å². The molecule has 11 heteroatoms. The van der Waals surface area contributed by atoms with E-state index in [1.54, 1.807) is 49.0 Å². The van der Waals surface area contributed by atoms with Crippen LogP contribution in [0.5, 0.6) is 0 Å². The zero-order chi connectivity index (χ0) is 22.2. The number of fused-ring (bicyclic) bond motifs is 1. The third kappa shape index (κ3) is 3.95. The molecule has 1 fully saturated rings. The number of hydrogen-bond acceptors (Lipinski definition) is 6. The summed E-state index contributed by atoms with van der Waals surface area (Å²) in [5.41, 5.74) is 0.0678. The molecule has 166 valence electrons. The molecule has 0 unspecified atom stereocenters. The van der Waals surface area contributed by atoms with E-state index in [0.717, 1.165) is 0 Å². The smallest absolute Gasteiger partial charge is 0.328 e. The number of sulfonamides is 1. The van der Waals surface area contributed by atoms with Crippen LogP contribution in [0, 0.1) is 0 Å².